The summed E-state index contributed by atoms with van der Waals surface area (Å²) in [6.45, 7) is 3.45. The molecule has 1 heterocycles. The molecule has 0 aromatic carbocycles. The number of thiol groups is 1. The maximum Gasteiger partial charge on any atom is 0.219 e. The Balaban J connectivity index is 2.30. The largest absolute Gasteiger partial charge is 0.343 e. The molecule has 1 saturated heterocycles. The topological polar surface area (TPSA) is 20.3 Å². The summed E-state index contributed by atoms with van der Waals surface area (Å²) in [6.07, 6.45) is 2.18. The third-order valence-corrected chi connectivity index (χ3v) is 3.70. The van der Waals surface area contributed by atoms with Gasteiger partial charge in [-0.3, -0.25) is 4.79 Å². The average Bonchev–Trinajstić information content (AvgIpc) is 2.05. The summed E-state index contributed by atoms with van der Waals surface area (Å²) in [5.41, 5.74) is 0. The lowest BCUT2D eigenvalue weighted by Gasteiger charge is -2.29. The minimum absolute atomic E-state index is 0.201. The predicted octanol–water partition coefficient (Wildman–Crippen LogP) is 1.58. The Labute approximate surface area is 76.5 Å². The van der Waals surface area contributed by atoms with Crippen LogP contribution in [0.25, 0.3) is 0 Å². The van der Waals surface area contributed by atoms with Crippen LogP contribution in [0, 0.1) is 0 Å². The molecule has 4 heteroatoms. The lowest BCUT2D eigenvalue weighted by molar-refractivity contribution is -0.129. The Hall–Kier alpha value is 0.170. The minimum atomic E-state index is 0.201. The van der Waals surface area contributed by atoms with E-state index in [9.17, 15) is 4.79 Å². The fraction of sp³-hybridized carbons (Fsp3) is 0.857. The molecule has 0 unspecified atom stereocenters. The summed E-state index contributed by atoms with van der Waals surface area (Å²) >= 11 is 4.16. The molecule has 11 heavy (non-hydrogen) atoms. The summed E-state index contributed by atoms with van der Waals surface area (Å²) in [5, 5.41) is 0.647. The second kappa shape index (κ2) is 4.26. The van der Waals surface area contributed by atoms with Gasteiger partial charge in [0.25, 0.3) is 0 Å². The van der Waals surface area contributed by atoms with Gasteiger partial charge in [0.15, 0.2) is 0 Å². The van der Waals surface area contributed by atoms with Gasteiger partial charge in [0.05, 0.1) is 0 Å². The zero-order valence-electron chi connectivity index (χ0n) is 6.62. The van der Waals surface area contributed by atoms with E-state index in [0.717, 1.165) is 25.9 Å². The normalized spacial score (nSPS) is 20.4. The molecule has 0 N–H and O–H groups in total. The molecule has 1 fully saturated rings. The fourth-order valence-corrected chi connectivity index (χ4v) is 2.33. The molecule has 1 rings (SSSR count). The monoisotopic (exact) mass is 191 g/mol. The first-order valence-corrected chi connectivity index (χ1v) is 5.73. The Morgan fingerprint density at radius 2 is 2.09 bits per heavy atom. The van der Waals surface area contributed by atoms with Crippen molar-refractivity contribution in [1.82, 2.24) is 4.90 Å². The van der Waals surface area contributed by atoms with Crippen molar-refractivity contribution < 1.29 is 4.79 Å². The molecule has 0 atom stereocenters. The van der Waals surface area contributed by atoms with Gasteiger partial charge in [0.2, 0.25) is 5.91 Å². The van der Waals surface area contributed by atoms with E-state index < -0.39 is 0 Å². The first-order chi connectivity index (χ1) is 5.24. The number of hydrogen-bond acceptors (Lipinski definition) is 3. The zero-order valence-corrected chi connectivity index (χ0v) is 8.33. The van der Waals surface area contributed by atoms with E-state index in [1.165, 1.54) is 0 Å². The number of nitrogens with zero attached hydrogens (tertiary/aromatic N) is 1. The van der Waals surface area contributed by atoms with Crippen LogP contribution in [-0.4, -0.2) is 29.1 Å². The Morgan fingerprint density at radius 1 is 1.55 bits per heavy atom. The minimum Gasteiger partial charge on any atom is -0.343 e. The Morgan fingerprint density at radius 3 is 2.45 bits per heavy atom. The molecule has 0 bridgehead atoms. The SMILES string of the molecule is CC(=O)N1CCC(SS)CC1. The molecule has 0 spiro atoms. The van der Waals surface area contributed by atoms with E-state index in [2.05, 4.69) is 11.7 Å². The average molecular weight is 191 g/mol. The highest BCUT2D eigenvalue weighted by atomic mass is 33.1. The molecule has 2 nitrogen and oxygen atoms in total. The summed E-state index contributed by atoms with van der Waals surface area (Å²) in [5.74, 6) is 0.201. The molecule has 0 radical (unpaired) electrons. The van der Waals surface area contributed by atoms with Crippen molar-refractivity contribution in [1.29, 1.82) is 0 Å². The molecule has 0 aliphatic carbocycles. The lowest BCUT2D eigenvalue weighted by Crippen LogP contribution is -2.37. The van der Waals surface area contributed by atoms with Gasteiger partial charge in [-0.15, -0.1) is 11.7 Å². The van der Waals surface area contributed by atoms with Crippen molar-refractivity contribution in [2.45, 2.75) is 25.0 Å². The molecular formula is C7H13NOS2. The van der Waals surface area contributed by atoms with E-state index in [-0.39, 0.29) is 5.91 Å². The van der Waals surface area contributed by atoms with Crippen LogP contribution in [-0.2, 0) is 4.79 Å². The molecule has 1 aliphatic rings. The lowest BCUT2D eigenvalue weighted by atomic mass is 10.1. The van der Waals surface area contributed by atoms with Crippen molar-refractivity contribution in [3.05, 3.63) is 0 Å². The standard InChI is InChI=1S/C7H13NOS2/c1-6(9)8-4-2-7(11-10)3-5-8/h7,10H,2-5H2,1H3. The third kappa shape index (κ3) is 2.60. The number of piperidine rings is 1. The van der Waals surface area contributed by atoms with Gasteiger partial charge in [-0.25, -0.2) is 0 Å². The quantitative estimate of drug-likeness (QED) is 0.501. The van der Waals surface area contributed by atoms with E-state index in [0.29, 0.717) is 5.25 Å². The third-order valence-electron chi connectivity index (χ3n) is 2.04. The molecule has 64 valence electrons. The Kier molecular flexibility index (Phi) is 3.59. The number of hydrogen-bond donors (Lipinski definition) is 1. The second-order valence-corrected chi connectivity index (χ2v) is 4.32. The van der Waals surface area contributed by atoms with Crippen LogP contribution in [0.15, 0.2) is 0 Å². The number of rotatable bonds is 1. The molecular weight excluding hydrogens is 178 g/mol. The maximum absolute atomic E-state index is 10.9. The zero-order chi connectivity index (χ0) is 8.27. The fourth-order valence-electron chi connectivity index (χ4n) is 1.28. The van der Waals surface area contributed by atoms with Crippen LogP contribution in [0.1, 0.15) is 19.8 Å². The van der Waals surface area contributed by atoms with Crippen LogP contribution < -0.4 is 0 Å². The van der Waals surface area contributed by atoms with Crippen molar-refractivity contribution in [2.24, 2.45) is 0 Å². The summed E-state index contributed by atoms with van der Waals surface area (Å²) in [6, 6.07) is 0. The number of likely N-dealkylation sites (tertiary alicyclic amines) is 1. The number of carbonyl (C=O) groups excluding carboxylic acids is 1. The van der Waals surface area contributed by atoms with Gasteiger partial charge in [-0.05, 0) is 12.8 Å². The predicted molar refractivity (Wildman–Crippen MR) is 51.9 cm³/mol. The van der Waals surface area contributed by atoms with Crippen molar-refractivity contribution in [2.75, 3.05) is 13.1 Å². The van der Waals surface area contributed by atoms with Gasteiger partial charge >= 0.3 is 0 Å². The van der Waals surface area contributed by atoms with Crippen LogP contribution in [0.4, 0.5) is 0 Å². The summed E-state index contributed by atoms with van der Waals surface area (Å²) < 4.78 is 0. The smallest absolute Gasteiger partial charge is 0.219 e. The first kappa shape index (κ1) is 9.26. The number of carbonyl (C=O) groups is 1. The van der Waals surface area contributed by atoms with E-state index in [1.807, 2.05) is 4.90 Å². The molecule has 1 amide bonds. The van der Waals surface area contributed by atoms with Gasteiger partial charge in [-0.1, -0.05) is 10.8 Å². The molecule has 0 aromatic rings. The Bertz CT molecular complexity index is 143. The highest BCUT2D eigenvalue weighted by molar-refractivity contribution is 8.68. The van der Waals surface area contributed by atoms with Gasteiger partial charge in [-0.2, -0.15) is 0 Å². The van der Waals surface area contributed by atoms with E-state index in [1.54, 1.807) is 17.7 Å². The van der Waals surface area contributed by atoms with Crippen LogP contribution in [0.3, 0.4) is 0 Å². The van der Waals surface area contributed by atoms with Crippen molar-refractivity contribution in [3.8, 4) is 0 Å². The second-order valence-electron chi connectivity index (χ2n) is 2.81. The summed E-state index contributed by atoms with van der Waals surface area (Å²) in [7, 11) is 1.62. The molecule has 1 aliphatic heterocycles. The van der Waals surface area contributed by atoms with E-state index >= 15 is 0 Å². The van der Waals surface area contributed by atoms with Crippen molar-refractivity contribution in [3.63, 3.8) is 0 Å². The van der Waals surface area contributed by atoms with E-state index in [4.69, 9.17) is 0 Å². The molecule has 0 aromatic heterocycles. The van der Waals surface area contributed by atoms with Crippen LogP contribution in [0.5, 0.6) is 0 Å². The summed E-state index contributed by atoms with van der Waals surface area (Å²) in [4.78, 5) is 12.8. The van der Waals surface area contributed by atoms with Gasteiger partial charge < -0.3 is 4.90 Å². The van der Waals surface area contributed by atoms with Gasteiger partial charge in [0.1, 0.15) is 0 Å². The van der Waals surface area contributed by atoms with Gasteiger partial charge in [0, 0.05) is 25.3 Å². The maximum atomic E-state index is 10.9. The van der Waals surface area contributed by atoms with Crippen molar-refractivity contribution >= 4 is 28.4 Å². The van der Waals surface area contributed by atoms with Crippen LogP contribution >= 0.6 is 22.5 Å². The highest BCUT2D eigenvalue weighted by Gasteiger charge is 2.19. The van der Waals surface area contributed by atoms with Crippen LogP contribution in [0.2, 0.25) is 0 Å². The number of amides is 1. The first-order valence-electron chi connectivity index (χ1n) is 3.79. The molecule has 0 saturated carbocycles. The highest BCUT2D eigenvalue weighted by Crippen LogP contribution is 2.25.